The van der Waals surface area contributed by atoms with Crippen molar-refractivity contribution in [2.45, 2.75) is 6.54 Å². The minimum atomic E-state index is -0.300. The monoisotopic (exact) mass is 236 g/mol. The van der Waals surface area contributed by atoms with E-state index < -0.39 is 0 Å². The molecule has 1 heterocycles. The summed E-state index contributed by atoms with van der Waals surface area (Å²) in [5.41, 5.74) is 7.10. The van der Waals surface area contributed by atoms with Crippen LogP contribution in [0.3, 0.4) is 0 Å². The van der Waals surface area contributed by atoms with Crippen LogP contribution >= 0.6 is 11.3 Å². The van der Waals surface area contributed by atoms with Gasteiger partial charge in [-0.2, -0.15) is 0 Å². The van der Waals surface area contributed by atoms with E-state index in [1.165, 1.54) is 17.0 Å². The molecule has 0 amide bonds. The van der Waals surface area contributed by atoms with Gasteiger partial charge < -0.3 is 10.6 Å². The Morgan fingerprint density at radius 1 is 1.38 bits per heavy atom. The van der Waals surface area contributed by atoms with Crippen molar-refractivity contribution in [3.8, 4) is 0 Å². The third kappa shape index (κ3) is 2.33. The van der Waals surface area contributed by atoms with Crippen LogP contribution in [0.5, 0.6) is 0 Å². The first-order valence-electron chi connectivity index (χ1n) is 4.95. The lowest BCUT2D eigenvalue weighted by Crippen LogP contribution is -2.17. The van der Waals surface area contributed by atoms with Crippen LogP contribution in [0.4, 0.5) is 15.8 Å². The number of rotatable bonds is 3. The largest absolute Gasteiger partial charge is 0.397 e. The Hall–Kier alpha value is -1.55. The number of halogens is 1. The summed E-state index contributed by atoms with van der Waals surface area (Å²) in [6.45, 7) is 0.785. The van der Waals surface area contributed by atoms with E-state index in [2.05, 4.69) is 6.07 Å². The van der Waals surface area contributed by atoms with E-state index in [9.17, 15) is 4.39 Å². The highest BCUT2D eigenvalue weighted by atomic mass is 32.1. The van der Waals surface area contributed by atoms with Gasteiger partial charge in [0.2, 0.25) is 0 Å². The molecule has 0 radical (unpaired) electrons. The molecule has 0 saturated heterocycles. The van der Waals surface area contributed by atoms with Crippen molar-refractivity contribution >= 4 is 22.7 Å². The smallest absolute Gasteiger partial charge is 0.125 e. The maximum atomic E-state index is 12.9. The van der Waals surface area contributed by atoms with Gasteiger partial charge in [0.1, 0.15) is 5.82 Å². The minimum absolute atomic E-state index is 0.300. The van der Waals surface area contributed by atoms with Crippen molar-refractivity contribution in [1.29, 1.82) is 0 Å². The molecule has 2 aromatic rings. The summed E-state index contributed by atoms with van der Waals surface area (Å²) in [5, 5.41) is 2.04. The molecule has 0 aliphatic carbocycles. The Morgan fingerprint density at radius 2 is 2.19 bits per heavy atom. The van der Waals surface area contributed by atoms with Crippen molar-refractivity contribution in [2.75, 3.05) is 17.7 Å². The second-order valence-corrected chi connectivity index (χ2v) is 4.67. The Morgan fingerprint density at radius 3 is 2.81 bits per heavy atom. The summed E-state index contributed by atoms with van der Waals surface area (Å²) in [5.74, 6) is -0.300. The van der Waals surface area contributed by atoms with Crippen LogP contribution in [0.2, 0.25) is 0 Å². The Balaban J connectivity index is 2.17. The lowest BCUT2D eigenvalue weighted by molar-refractivity contribution is 0.628. The maximum Gasteiger partial charge on any atom is 0.125 e. The quantitative estimate of drug-likeness (QED) is 0.830. The fraction of sp³-hybridized carbons (Fsp3) is 0.167. The highest BCUT2D eigenvalue weighted by Gasteiger charge is 2.07. The summed E-state index contributed by atoms with van der Waals surface area (Å²) >= 11 is 1.70. The number of nitrogens with zero attached hydrogens (tertiary/aromatic N) is 1. The molecule has 0 aliphatic rings. The van der Waals surface area contributed by atoms with Crippen molar-refractivity contribution in [2.24, 2.45) is 0 Å². The van der Waals surface area contributed by atoms with Gasteiger partial charge in [0.25, 0.3) is 0 Å². The van der Waals surface area contributed by atoms with Crippen molar-refractivity contribution < 1.29 is 4.39 Å². The van der Waals surface area contributed by atoms with Crippen LogP contribution in [-0.2, 0) is 6.54 Å². The Bertz CT molecular complexity index is 468. The zero-order chi connectivity index (χ0) is 11.5. The molecule has 0 atom stereocenters. The lowest BCUT2D eigenvalue weighted by atomic mass is 10.2. The molecule has 0 fully saturated rings. The van der Waals surface area contributed by atoms with E-state index in [4.69, 9.17) is 5.73 Å². The van der Waals surface area contributed by atoms with E-state index in [1.807, 2.05) is 23.4 Å². The van der Waals surface area contributed by atoms with Crippen LogP contribution in [0.25, 0.3) is 0 Å². The first-order chi connectivity index (χ1) is 7.66. The molecular weight excluding hydrogens is 223 g/mol. The van der Waals surface area contributed by atoms with Crippen LogP contribution in [0.15, 0.2) is 35.7 Å². The highest BCUT2D eigenvalue weighted by Crippen LogP contribution is 2.25. The van der Waals surface area contributed by atoms with Crippen molar-refractivity contribution in [3.05, 3.63) is 46.4 Å². The normalized spacial score (nSPS) is 10.4. The number of hydrogen-bond donors (Lipinski definition) is 1. The van der Waals surface area contributed by atoms with E-state index in [0.29, 0.717) is 5.69 Å². The molecule has 2 N–H and O–H groups in total. The molecule has 1 aromatic carbocycles. The van der Waals surface area contributed by atoms with Gasteiger partial charge in [-0.15, -0.1) is 11.3 Å². The zero-order valence-corrected chi connectivity index (χ0v) is 9.80. The van der Waals surface area contributed by atoms with E-state index in [-0.39, 0.29) is 5.82 Å². The fourth-order valence-corrected chi connectivity index (χ4v) is 2.35. The van der Waals surface area contributed by atoms with Gasteiger partial charge in [0, 0.05) is 11.9 Å². The van der Waals surface area contributed by atoms with Crippen LogP contribution in [0.1, 0.15) is 4.88 Å². The molecule has 0 saturated carbocycles. The number of thiophene rings is 1. The molecule has 0 bridgehead atoms. The van der Waals surface area contributed by atoms with E-state index in [1.54, 1.807) is 17.4 Å². The predicted octanol–water partition coefficient (Wildman–Crippen LogP) is 3.11. The first-order valence-corrected chi connectivity index (χ1v) is 5.83. The summed E-state index contributed by atoms with van der Waals surface area (Å²) in [7, 11) is 1.95. The lowest BCUT2D eigenvalue weighted by Gasteiger charge is -2.20. The van der Waals surface area contributed by atoms with Crippen LogP contribution in [0, 0.1) is 5.82 Å². The molecule has 2 rings (SSSR count). The number of nitrogen functional groups attached to an aromatic ring is 1. The number of hydrogen-bond acceptors (Lipinski definition) is 3. The molecule has 2 nitrogen and oxygen atoms in total. The molecule has 0 aliphatic heterocycles. The van der Waals surface area contributed by atoms with Gasteiger partial charge in [-0.05, 0) is 29.6 Å². The minimum Gasteiger partial charge on any atom is -0.397 e. The third-order valence-electron chi connectivity index (χ3n) is 2.37. The van der Waals surface area contributed by atoms with Crippen LogP contribution in [-0.4, -0.2) is 7.05 Å². The van der Waals surface area contributed by atoms with Gasteiger partial charge in [-0.25, -0.2) is 4.39 Å². The predicted molar refractivity (Wildman–Crippen MR) is 67.2 cm³/mol. The Kier molecular flexibility index (Phi) is 3.10. The van der Waals surface area contributed by atoms with Crippen molar-refractivity contribution in [1.82, 2.24) is 0 Å². The molecule has 0 unspecified atom stereocenters. The third-order valence-corrected chi connectivity index (χ3v) is 3.24. The number of anilines is 2. The van der Waals surface area contributed by atoms with Crippen molar-refractivity contribution in [3.63, 3.8) is 0 Å². The summed E-state index contributed by atoms with van der Waals surface area (Å²) in [6.07, 6.45) is 0. The van der Waals surface area contributed by atoms with Crippen LogP contribution < -0.4 is 10.6 Å². The van der Waals surface area contributed by atoms with Gasteiger partial charge >= 0.3 is 0 Å². The number of benzene rings is 1. The average molecular weight is 236 g/mol. The second kappa shape index (κ2) is 4.53. The molecule has 1 aromatic heterocycles. The Labute approximate surface area is 98.1 Å². The SMILES string of the molecule is CN(Cc1cccs1)c1ccc(F)cc1N. The second-order valence-electron chi connectivity index (χ2n) is 3.64. The molecule has 0 spiro atoms. The van der Waals surface area contributed by atoms with Gasteiger partial charge in [0.15, 0.2) is 0 Å². The zero-order valence-electron chi connectivity index (χ0n) is 8.98. The summed E-state index contributed by atoms with van der Waals surface area (Å²) < 4.78 is 12.9. The first kappa shape index (κ1) is 11.0. The molecule has 84 valence electrons. The van der Waals surface area contributed by atoms with E-state index in [0.717, 1.165) is 12.2 Å². The summed E-state index contributed by atoms with van der Waals surface area (Å²) in [4.78, 5) is 3.27. The molecular formula is C12H13FN2S. The highest BCUT2D eigenvalue weighted by molar-refractivity contribution is 7.09. The van der Waals surface area contributed by atoms with Gasteiger partial charge in [-0.1, -0.05) is 6.07 Å². The van der Waals surface area contributed by atoms with Gasteiger partial charge in [0.05, 0.1) is 17.9 Å². The topological polar surface area (TPSA) is 29.3 Å². The standard InChI is InChI=1S/C12H13FN2S/c1-15(8-10-3-2-6-16-10)12-5-4-9(13)7-11(12)14/h2-7H,8,14H2,1H3. The van der Waals surface area contributed by atoms with E-state index >= 15 is 0 Å². The molecule has 4 heteroatoms. The van der Waals surface area contributed by atoms with Gasteiger partial charge in [-0.3, -0.25) is 0 Å². The number of nitrogens with two attached hydrogens (primary N) is 1. The average Bonchev–Trinajstić information content (AvgIpc) is 2.70. The maximum absolute atomic E-state index is 12.9. The fourth-order valence-electron chi connectivity index (χ4n) is 1.59. The molecule has 16 heavy (non-hydrogen) atoms. The summed E-state index contributed by atoms with van der Waals surface area (Å²) in [6, 6.07) is 8.57.